The van der Waals surface area contributed by atoms with E-state index in [1.165, 1.54) is 83.1 Å². The van der Waals surface area contributed by atoms with Crippen molar-refractivity contribution in [2.24, 2.45) is 0 Å². The average molecular weight is 791 g/mol. The van der Waals surface area contributed by atoms with Crippen LogP contribution < -0.4 is 4.90 Å². The first-order chi connectivity index (χ1) is 30.7. The number of hydrogen-bond acceptors (Lipinski definition) is 1. The van der Waals surface area contributed by atoms with Gasteiger partial charge in [0, 0.05) is 33.4 Å². The molecule has 0 saturated heterocycles. The molecule has 2 nitrogen and oxygen atoms in total. The van der Waals surface area contributed by atoms with Crippen molar-refractivity contribution < 1.29 is 0 Å². The van der Waals surface area contributed by atoms with E-state index >= 15 is 0 Å². The maximum Gasteiger partial charge on any atom is 0.0541 e. The highest BCUT2D eigenvalue weighted by molar-refractivity contribution is 6.09. The van der Waals surface area contributed by atoms with Crippen molar-refractivity contribution in [2.45, 2.75) is 0 Å². The second-order valence-corrected chi connectivity index (χ2v) is 15.8. The van der Waals surface area contributed by atoms with Gasteiger partial charge in [0.2, 0.25) is 0 Å². The summed E-state index contributed by atoms with van der Waals surface area (Å²) in [6, 6.07) is 91.9. The van der Waals surface area contributed by atoms with Crippen LogP contribution >= 0.6 is 0 Å². The lowest BCUT2D eigenvalue weighted by molar-refractivity contribution is 1.18. The van der Waals surface area contributed by atoms with Crippen molar-refractivity contribution in [1.82, 2.24) is 4.57 Å². The number of para-hydroxylation sites is 3. The van der Waals surface area contributed by atoms with Crippen LogP contribution in [-0.4, -0.2) is 4.57 Å². The second kappa shape index (κ2) is 16.1. The number of aromatic nitrogens is 1. The van der Waals surface area contributed by atoms with Gasteiger partial charge in [-0.2, -0.15) is 0 Å². The van der Waals surface area contributed by atoms with Crippen LogP contribution in [0.5, 0.6) is 0 Å². The van der Waals surface area contributed by atoms with Crippen LogP contribution in [0.4, 0.5) is 17.1 Å². The average Bonchev–Trinajstić information content (AvgIpc) is 3.69. The Bertz CT molecular complexity index is 3170. The summed E-state index contributed by atoms with van der Waals surface area (Å²) in [7, 11) is 0. The van der Waals surface area contributed by atoms with E-state index in [0.717, 1.165) is 17.1 Å². The highest BCUT2D eigenvalue weighted by atomic mass is 15.1. The Morgan fingerprint density at radius 1 is 0.242 bits per heavy atom. The van der Waals surface area contributed by atoms with Crippen LogP contribution in [-0.2, 0) is 0 Å². The first kappa shape index (κ1) is 36.8. The summed E-state index contributed by atoms with van der Waals surface area (Å²) in [6.45, 7) is 0. The van der Waals surface area contributed by atoms with Crippen LogP contribution in [0.25, 0.3) is 83.1 Å². The minimum absolute atomic E-state index is 1.10. The summed E-state index contributed by atoms with van der Waals surface area (Å²) in [6.07, 6.45) is 0. The highest BCUT2D eigenvalue weighted by Gasteiger charge is 2.17. The van der Waals surface area contributed by atoms with Crippen LogP contribution in [0.3, 0.4) is 0 Å². The molecule has 1 aromatic heterocycles. The molecule has 62 heavy (non-hydrogen) atoms. The summed E-state index contributed by atoms with van der Waals surface area (Å²) in [5.74, 6) is 0. The number of fused-ring (bicyclic) bond motifs is 3. The molecule has 0 radical (unpaired) electrons. The molecule has 0 aliphatic carbocycles. The van der Waals surface area contributed by atoms with Gasteiger partial charge < -0.3 is 9.47 Å². The van der Waals surface area contributed by atoms with E-state index in [1.54, 1.807) is 0 Å². The lowest BCUT2D eigenvalue weighted by atomic mass is 9.95. The number of hydrogen-bond donors (Lipinski definition) is 0. The summed E-state index contributed by atoms with van der Waals surface area (Å²) in [5, 5.41) is 2.53. The van der Waals surface area contributed by atoms with E-state index in [1.807, 2.05) is 0 Å². The topological polar surface area (TPSA) is 8.17 Å². The first-order valence-electron chi connectivity index (χ1n) is 21.3. The molecule has 2 heteroatoms. The summed E-state index contributed by atoms with van der Waals surface area (Å²) in [4.78, 5) is 2.34. The Labute approximate surface area is 362 Å². The van der Waals surface area contributed by atoms with E-state index in [4.69, 9.17) is 0 Å². The third-order valence-electron chi connectivity index (χ3n) is 12.0. The molecule has 0 amide bonds. The van der Waals surface area contributed by atoms with Crippen molar-refractivity contribution in [2.75, 3.05) is 4.90 Å². The third-order valence-corrected chi connectivity index (χ3v) is 12.0. The lowest BCUT2D eigenvalue weighted by Crippen LogP contribution is -2.09. The Hall–Kier alpha value is -8.20. The van der Waals surface area contributed by atoms with Crippen molar-refractivity contribution >= 4 is 38.9 Å². The Morgan fingerprint density at radius 2 is 0.581 bits per heavy atom. The Morgan fingerprint density at radius 3 is 1.08 bits per heavy atom. The summed E-state index contributed by atoms with van der Waals surface area (Å²) in [5.41, 5.74) is 18.8. The fraction of sp³-hybridized carbons (Fsp3) is 0. The quantitative estimate of drug-likeness (QED) is 0.141. The molecule has 0 atom stereocenters. The number of benzene rings is 10. The van der Waals surface area contributed by atoms with E-state index in [9.17, 15) is 0 Å². The Kier molecular flexibility index (Phi) is 9.57. The second-order valence-electron chi connectivity index (χ2n) is 15.8. The van der Waals surface area contributed by atoms with Crippen molar-refractivity contribution in [3.8, 4) is 61.3 Å². The molecule has 0 unspecified atom stereocenters. The maximum atomic E-state index is 2.41. The van der Waals surface area contributed by atoms with Crippen LogP contribution in [0.2, 0.25) is 0 Å². The van der Waals surface area contributed by atoms with Crippen LogP contribution in [0, 0.1) is 0 Å². The predicted molar refractivity (Wildman–Crippen MR) is 263 cm³/mol. The molecular weight excluding hydrogens is 749 g/mol. The molecule has 0 N–H and O–H groups in total. The fourth-order valence-electron chi connectivity index (χ4n) is 8.96. The van der Waals surface area contributed by atoms with Crippen LogP contribution in [0.15, 0.2) is 255 Å². The molecule has 292 valence electrons. The SMILES string of the molecule is c1ccc(-c2ccc(N(c3ccc(-c4ccccc4)cc3)c3ccc(-c4cccc(-c5cccc(-c6ccccc6-n6c7ccccc7c7ccccc76)c5)c4)cc3)cc2)cc1. The lowest BCUT2D eigenvalue weighted by Gasteiger charge is -2.26. The first-order valence-corrected chi connectivity index (χ1v) is 21.3. The summed E-state index contributed by atoms with van der Waals surface area (Å²) >= 11 is 0. The molecule has 0 bridgehead atoms. The van der Waals surface area contributed by atoms with Gasteiger partial charge in [-0.05, 0) is 117 Å². The Balaban J connectivity index is 0.922. The predicted octanol–water partition coefficient (Wildman–Crippen LogP) is 16.6. The van der Waals surface area contributed by atoms with Crippen molar-refractivity contribution in [3.05, 3.63) is 255 Å². The zero-order valence-corrected chi connectivity index (χ0v) is 34.1. The van der Waals surface area contributed by atoms with Gasteiger partial charge in [0.1, 0.15) is 0 Å². The number of rotatable bonds is 9. The van der Waals surface area contributed by atoms with Gasteiger partial charge in [-0.1, -0.05) is 188 Å². The fourth-order valence-corrected chi connectivity index (χ4v) is 8.96. The molecule has 0 fully saturated rings. The van der Waals surface area contributed by atoms with E-state index in [2.05, 4.69) is 264 Å². The largest absolute Gasteiger partial charge is 0.311 e. The zero-order valence-electron chi connectivity index (χ0n) is 34.1. The van der Waals surface area contributed by atoms with Gasteiger partial charge >= 0.3 is 0 Å². The number of anilines is 3. The molecular formula is C60H42N2. The van der Waals surface area contributed by atoms with E-state index < -0.39 is 0 Å². The van der Waals surface area contributed by atoms with Gasteiger partial charge in [-0.3, -0.25) is 0 Å². The van der Waals surface area contributed by atoms with Crippen LogP contribution in [0.1, 0.15) is 0 Å². The number of nitrogens with zero attached hydrogens (tertiary/aromatic N) is 2. The maximum absolute atomic E-state index is 2.41. The van der Waals surface area contributed by atoms with Crippen molar-refractivity contribution in [3.63, 3.8) is 0 Å². The molecule has 0 spiro atoms. The normalized spacial score (nSPS) is 11.2. The summed E-state index contributed by atoms with van der Waals surface area (Å²) < 4.78 is 2.41. The molecule has 10 aromatic carbocycles. The van der Waals surface area contributed by atoms with Gasteiger partial charge in [-0.25, -0.2) is 0 Å². The minimum atomic E-state index is 1.10. The molecule has 0 saturated carbocycles. The van der Waals surface area contributed by atoms with Gasteiger partial charge in [0.05, 0.1) is 16.7 Å². The standard InChI is InChI=1S/C60H42N2/c1-3-15-43(16-4-1)45-29-35-52(36-30-45)61(53-37-31-46(32-38-53)44-17-5-2-6-18-44)54-39-33-47(34-40-54)48-19-13-20-49(41-48)50-21-14-22-51(42-50)55-23-7-10-26-58(55)62-59-27-11-8-24-56(59)57-25-9-12-28-60(57)62/h1-42H. The zero-order chi connectivity index (χ0) is 41.2. The van der Waals surface area contributed by atoms with E-state index in [-0.39, 0.29) is 0 Å². The third kappa shape index (κ3) is 6.94. The molecule has 0 aliphatic rings. The van der Waals surface area contributed by atoms with E-state index in [0.29, 0.717) is 0 Å². The van der Waals surface area contributed by atoms with Gasteiger partial charge in [-0.15, -0.1) is 0 Å². The monoisotopic (exact) mass is 790 g/mol. The van der Waals surface area contributed by atoms with Gasteiger partial charge in [0.15, 0.2) is 0 Å². The van der Waals surface area contributed by atoms with Crippen molar-refractivity contribution in [1.29, 1.82) is 0 Å². The minimum Gasteiger partial charge on any atom is -0.311 e. The molecule has 0 aliphatic heterocycles. The smallest absolute Gasteiger partial charge is 0.0541 e. The molecule has 11 rings (SSSR count). The molecule has 1 heterocycles. The molecule has 11 aromatic rings. The highest BCUT2D eigenvalue weighted by Crippen LogP contribution is 2.40. The van der Waals surface area contributed by atoms with Gasteiger partial charge in [0.25, 0.3) is 0 Å².